The number of aromatic hydroxyl groups is 1. The Morgan fingerprint density at radius 2 is 1.83 bits per heavy atom. The number of benzene rings is 2. The van der Waals surface area contributed by atoms with Crippen molar-refractivity contribution in [2.45, 2.75) is 26.1 Å². The highest BCUT2D eigenvalue weighted by atomic mass is 16.5. The molecular weight excluding hydrogens is 306 g/mol. The molecule has 0 fully saturated rings. The van der Waals surface area contributed by atoms with Gasteiger partial charge in [0.05, 0.1) is 14.2 Å². The van der Waals surface area contributed by atoms with Gasteiger partial charge in [0.15, 0.2) is 11.5 Å². The van der Waals surface area contributed by atoms with Crippen molar-refractivity contribution in [2.75, 3.05) is 20.8 Å². The molecular formula is C19H23NO4. The highest BCUT2D eigenvalue weighted by Crippen LogP contribution is 2.37. The lowest BCUT2D eigenvalue weighted by atomic mass is 10.1. The Morgan fingerprint density at radius 3 is 2.50 bits per heavy atom. The lowest BCUT2D eigenvalue weighted by molar-refractivity contribution is 0.156. The minimum Gasteiger partial charge on any atom is -0.502 e. The summed E-state index contributed by atoms with van der Waals surface area (Å²) in [6.07, 6.45) is 0.106. The molecule has 0 spiro atoms. The molecule has 2 aromatic rings. The van der Waals surface area contributed by atoms with Crippen molar-refractivity contribution in [1.29, 1.82) is 0 Å². The zero-order valence-electron chi connectivity index (χ0n) is 14.3. The number of rotatable bonds is 4. The van der Waals surface area contributed by atoms with Crippen molar-refractivity contribution >= 4 is 0 Å². The van der Waals surface area contributed by atoms with E-state index in [2.05, 4.69) is 17.9 Å². The third-order valence-corrected chi connectivity index (χ3v) is 4.16. The summed E-state index contributed by atoms with van der Waals surface area (Å²) in [6, 6.07) is 11.8. The van der Waals surface area contributed by atoms with E-state index < -0.39 is 0 Å². The Hall–Kier alpha value is -2.40. The standard InChI is InChI=1S/C19H23NO4/c1-13-10-20(12-15-6-4-5-7-16(15)24-13)11-14-8-17(22-2)19(21)18(9-14)23-3/h4-9,13,21H,10-12H2,1-3H3. The number of fused-ring (bicyclic) bond motifs is 1. The molecule has 0 aliphatic carbocycles. The van der Waals surface area contributed by atoms with Crippen LogP contribution in [0.1, 0.15) is 18.1 Å². The summed E-state index contributed by atoms with van der Waals surface area (Å²) in [5.41, 5.74) is 2.20. The molecule has 1 atom stereocenters. The fourth-order valence-electron chi connectivity index (χ4n) is 3.09. The van der Waals surface area contributed by atoms with Gasteiger partial charge in [0.25, 0.3) is 0 Å². The molecule has 0 saturated carbocycles. The number of ether oxygens (including phenoxy) is 3. The van der Waals surface area contributed by atoms with E-state index in [9.17, 15) is 5.11 Å². The predicted molar refractivity (Wildman–Crippen MR) is 91.9 cm³/mol. The smallest absolute Gasteiger partial charge is 0.200 e. The van der Waals surface area contributed by atoms with Crippen LogP contribution >= 0.6 is 0 Å². The van der Waals surface area contributed by atoms with Crippen LogP contribution in [0, 0.1) is 0 Å². The van der Waals surface area contributed by atoms with Crippen molar-refractivity contribution in [3.05, 3.63) is 47.5 Å². The van der Waals surface area contributed by atoms with E-state index in [1.807, 2.05) is 30.3 Å². The van der Waals surface area contributed by atoms with E-state index in [4.69, 9.17) is 14.2 Å². The molecule has 1 heterocycles. The van der Waals surface area contributed by atoms with Crippen LogP contribution < -0.4 is 14.2 Å². The van der Waals surface area contributed by atoms with Crippen LogP contribution in [0.25, 0.3) is 0 Å². The first-order valence-corrected chi connectivity index (χ1v) is 8.01. The molecule has 5 nitrogen and oxygen atoms in total. The fraction of sp³-hybridized carbons (Fsp3) is 0.368. The number of nitrogens with zero attached hydrogens (tertiary/aromatic N) is 1. The van der Waals surface area contributed by atoms with Gasteiger partial charge in [-0.15, -0.1) is 0 Å². The molecule has 1 aliphatic rings. The summed E-state index contributed by atoms with van der Waals surface area (Å²) in [5, 5.41) is 10.1. The van der Waals surface area contributed by atoms with Gasteiger partial charge in [-0.25, -0.2) is 0 Å². The van der Waals surface area contributed by atoms with Crippen molar-refractivity contribution in [1.82, 2.24) is 4.90 Å². The maximum Gasteiger partial charge on any atom is 0.200 e. The van der Waals surface area contributed by atoms with Crippen LogP contribution in [0.5, 0.6) is 23.0 Å². The van der Waals surface area contributed by atoms with E-state index in [-0.39, 0.29) is 11.9 Å². The third kappa shape index (κ3) is 3.41. The van der Waals surface area contributed by atoms with Crippen LogP contribution in [-0.4, -0.2) is 36.9 Å². The Labute approximate surface area is 142 Å². The first-order valence-electron chi connectivity index (χ1n) is 8.01. The summed E-state index contributed by atoms with van der Waals surface area (Å²) < 4.78 is 16.5. The molecule has 0 radical (unpaired) electrons. The molecule has 0 aromatic heterocycles. The Balaban J connectivity index is 1.85. The molecule has 1 N–H and O–H groups in total. The van der Waals surface area contributed by atoms with E-state index in [0.29, 0.717) is 11.5 Å². The largest absolute Gasteiger partial charge is 0.502 e. The Morgan fingerprint density at radius 1 is 1.17 bits per heavy atom. The van der Waals surface area contributed by atoms with Gasteiger partial charge >= 0.3 is 0 Å². The number of para-hydroxylation sites is 1. The number of phenolic OH excluding ortho intramolecular Hbond substituents is 1. The summed E-state index contributed by atoms with van der Waals surface area (Å²) >= 11 is 0. The second kappa shape index (κ2) is 7.01. The summed E-state index contributed by atoms with van der Waals surface area (Å²) in [4.78, 5) is 2.32. The second-order valence-electron chi connectivity index (χ2n) is 6.05. The molecule has 0 saturated heterocycles. The highest BCUT2D eigenvalue weighted by Gasteiger charge is 2.21. The van der Waals surface area contributed by atoms with E-state index >= 15 is 0 Å². The van der Waals surface area contributed by atoms with Gasteiger partial charge in [0, 0.05) is 25.2 Å². The average molecular weight is 329 g/mol. The monoisotopic (exact) mass is 329 g/mol. The molecule has 1 aliphatic heterocycles. The number of phenols is 1. The number of methoxy groups -OCH3 is 2. The van der Waals surface area contributed by atoms with E-state index in [1.165, 1.54) is 19.8 Å². The van der Waals surface area contributed by atoms with Crippen molar-refractivity contribution in [3.63, 3.8) is 0 Å². The van der Waals surface area contributed by atoms with Crippen LogP contribution in [-0.2, 0) is 13.1 Å². The first-order chi connectivity index (χ1) is 11.6. The third-order valence-electron chi connectivity index (χ3n) is 4.16. The lowest BCUT2D eigenvalue weighted by Gasteiger charge is -2.22. The van der Waals surface area contributed by atoms with Gasteiger partial charge in [-0.3, -0.25) is 4.90 Å². The van der Waals surface area contributed by atoms with Gasteiger partial charge < -0.3 is 19.3 Å². The average Bonchev–Trinajstić information content (AvgIpc) is 2.73. The summed E-state index contributed by atoms with van der Waals surface area (Å²) in [5.74, 6) is 1.82. The summed E-state index contributed by atoms with van der Waals surface area (Å²) in [6.45, 7) is 4.42. The number of hydrogen-bond acceptors (Lipinski definition) is 5. The Kier molecular flexibility index (Phi) is 4.81. The van der Waals surface area contributed by atoms with Crippen LogP contribution in [0.4, 0.5) is 0 Å². The number of hydrogen-bond donors (Lipinski definition) is 1. The molecule has 0 bridgehead atoms. The van der Waals surface area contributed by atoms with Gasteiger partial charge in [-0.2, -0.15) is 0 Å². The van der Waals surface area contributed by atoms with E-state index in [0.717, 1.165) is 30.9 Å². The maximum atomic E-state index is 10.1. The topological polar surface area (TPSA) is 51.2 Å². The van der Waals surface area contributed by atoms with Crippen molar-refractivity contribution < 1.29 is 19.3 Å². The first kappa shape index (κ1) is 16.5. The summed E-state index contributed by atoms with van der Waals surface area (Å²) in [7, 11) is 3.08. The lowest BCUT2D eigenvalue weighted by Crippen LogP contribution is -2.30. The van der Waals surface area contributed by atoms with Crippen molar-refractivity contribution in [3.8, 4) is 23.0 Å². The van der Waals surface area contributed by atoms with Gasteiger partial charge in [-0.05, 0) is 30.7 Å². The molecule has 3 rings (SSSR count). The van der Waals surface area contributed by atoms with Crippen LogP contribution in [0.3, 0.4) is 0 Å². The molecule has 1 unspecified atom stereocenters. The Bertz CT molecular complexity index is 691. The normalized spacial score (nSPS) is 17.5. The zero-order valence-corrected chi connectivity index (χ0v) is 14.3. The quantitative estimate of drug-likeness (QED) is 0.933. The molecule has 24 heavy (non-hydrogen) atoms. The molecule has 128 valence electrons. The zero-order chi connectivity index (χ0) is 17.1. The van der Waals surface area contributed by atoms with Crippen LogP contribution in [0.15, 0.2) is 36.4 Å². The van der Waals surface area contributed by atoms with Gasteiger partial charge in [-0.1, -0.05) is 18.2 Å². The fourth-order valence-corrected chi connectivity index (χ4v) is 3.09. The molecule has 2 aromatic carbocycles. The van der Waals surface area contributed by atoms with E-state index in [1.54, 1.807) is 0 Å². The molecule has 5 heteroatoms. The van der Waals surface area contributed by atoms with Gasteiger partial charge in [0.2, 0.25) is 5.75 Å². The molecule has 0 amide bonds. The highest BCUT2D eigenvalue weighted by molar-refractivity contribution is 5.52. The van der Waals surface area contributed by atoms with Crippen LogP contribution in [0.2, 0.25) is 0 Å². The predicted octanol–water partition coefficient (Wildman–Crippen LogP) is 3.19. The minimum absolute atomic E-state index is 0.0293. The van der Waals surface area contributed by atoms with Crippen molar-refractivity contribution in [2.24, 2.45) is 0 Å². The van der Waals surface area contributed by atoms with Gasteiger partial charge in [0.1, 0.15) is 11.9 Å². The maximum absolute atomic E-state index is 10.1. The second-order valence-corrected chi connectivity index (χ2v) is 6.05. The minimum atomic E-state index is 0.0293. The SMILES string of the molecule is COc1cc(CN2Cc3ccccc3OC(C)C2)cc(OC)c1O.